The molecule has 2 rings (SSSR count). The molecule has 1 radical (unpaired) electrons. The van der Waals surface area contributed by atoms with Crippen LogP contribution in [0.1, 0.15) is 5.56 Å². The molecule has 85 valence electrons. The molecule has 0 spiro atoms. The van der Waals surface area contributed by atoms with E-state index in [1.165, 1.54) is 0 Å². The van der Waals surface area contributed by atoms with E-state index in [0.717, 1.165) is 17.1 Å². The maximum atomic E-state index is 10.4. The lowest BCUT2D eigenvalue weighted by atomic mass is 10.1. The molecule has 17 heavy (non-hydrogen) atoms. The van der Waals surface area contributed by atoms with Gasteiger partial charge in [0.2, 0.25) is 6.29 Å². The lowest BCUT2D eigenvalue weighted by Crippen LogP contribution is -2.11. The third kappa shape index (κ3) is 2.47. The molecule has 0 aliphatic rings. The van der Waals surface area contributed by atoms with E-state index in [4.69, 9.17) is 0 Å². The maximum Gasteiger partial charge on any atom is 0.233 e. The third-order valence-electron chi connectivity index (χ3n) is 2.41. The molecule has 0 saturated heterocycles. The van der Waals surface area contributed by atoms with Crippen molar-refractivity contribution in [2.24, 2.45) is 0 Å². The summed E-state index contributed by atoms with van der Waals surface area (Å²) in [5.74, 6) is 0.812. The Morgan fingerprint density at radius 2 is 1.71 bits per heavy atom. The minimum atomic E-state index is 0.534. The van der Waals surface area contributed by atoms with Crippen LogP contribution in [0, 0.1) is 0 Å². The minimum absolute atomic E-state index is 0.534. The van der Waals surface area contributed by atoms with E-state index in [0.29, 0.717) is 5.56 Å². The molecule has 2 aromatic rings. The van der Waals surface area contributed by atoms with Crippen LogP contribution in [0.3, 0.4) is 0 Å². The van der Waals surface area contributed by atoms with Crippen LogP contribution in [0.5, 0.6) is 0 Å². The van der Waals surface area contributed by atoms with E-state index in [1.54, 1.807) is 12.1 Å². The Bertz CT molecular complexity index is 503. The first-order chi connectivity index (χ1) is 8.20. The Kier molecular flexibility index (Phi) is 3.14. The lowest BCUT2D eigenvalue weighted by Gasteiger charge is -2.10. The number of carbonyl (C=O) groups excluding carboxylic acids is 1. The summed E-state index contributed by atoms with van der Waals surface area (Å²) in [5, 5.41) is 8.23. The van der Waals surface area contributed by atoms with E-state index in [-0.39, 0.29) is 0 Å². The molecule has 0 aliphatic carbocycles. The van der Waals surface area contributed by atoms with E-state index in [9.17, 15) is 4.79 Å². The second-order valence-electron chi connectivity index (χ2n) is 3.85. The number of nitrogens with zero attached hydrogens (tertiary/aromatic N) is 3. The van der Waals surface area contributed by atoms with E-state index < -0.39 is 0 Å². The fourth-order valence-electron chi connectivity index (χ4n) is 1.43. The van der Waals surface area contributed by atoms with Gasteiger partial charge in [-0.05, 0) is 12.1 Å². The van der Waals surface area contributed by atoms with Gasteiger partial charge in [0.1, 0.15) is 0 Å². The fraction of sp³-hybridized carbons (Fsp3) is 0.154. The van der Waals surface area contributed by atoms with Gasteiger partial charge in [-0.25, -0.2) is 0 Å². The number of hydrogen-bond acceptors (Lipinski definition) is 4. The van der Waals surface area contributed by atoms with Crippen LogP contribution in [-0.2, 0) is 4.79 Å². The van der Waals surface area contributed by atoms with Gasteiger partial charge >= 0.3 is 0 Å². The molecule has 0 aliphatic heterocycles. The second-order valence-corrected chi connectivity index (χ2v) is 3.85. The van der Waals surface area contributed by atoms with Gasteiger partial charge in [-0.1, -0.05) is 24.3 Å². The first-order valence-electron chi connectivity index (χ1n) is 5.20. The minimum Gasteiger partial charge on any atom is -0.361 e. The normalized spacial score (nSPS) is 10.0. The van der Waals surface area contributed by atoms with Crippen molar-refractivity contribution in [3.8, 4) is 11.3 Å². The predicted molar refractivity (Wildman–Crippen MR) is 66.6 cm³/mol. The highest BCUT2D eigenvalue weighted by molar-refractivity contribution is 5.76. The van der Waals surface area contributed by atoms with Crippen LogP contribution in [0.4, 0.5) is 5.82 Å². The summed E-state index contributed by atoms with van der Waals surface area (Å²) >= 11 is 0. The Morgan fingerprint density at radius 3 is 2.18 bits per heavy atom. The molecule has 1 heterocycles. The van der Waals surface area contributed by atoms with Gasteiger partial charge in [-0.2, -0.15) is 0 Å². The van der Waals surface area contributed by atoms with Gasteiger partial charge in [0, 0.05) is 25.2 Å². The predicted octanol–water partition coefficient (Wildman–Crippen LogP) is 1.67. The molecule has 4 heteroatoms. The summed E-state index contributed by atoms with van der Waals surface area (Å²) in [6.07, 6.45) is 1.84. The maximum absolute atomic E-state index is 10.4. The lowest BCUT2D eigenvalue weighted by molar-refractivity contribution is 0.563. The van der Waals surface area contributed by atoms with Gasteiger partial charge < -0.3 is 4.90 Å². The molecule has 4 nitrogen and oxygen atoms in total. The van der Waals surface area contributed by atoms with E-state index in [2.05, 4.69) is 10.2 Å². The quantitative estimate of drug-likeness (QED) is 0.798. The van der Waals surface area contributed by atoms with Crippen LogP contribution < -0.4 is 4.90 Å². The topological polar surface area (TPSA) is 46.1 Å². The van der Waals surface area contributed by atoms with Crippen molar-refractivity contribution >= 4 is 12.1 Å². The number of rotatable bonds is 3. The standard InChI is InChI=1S/C13H12N3O/c1-16(2)13-8-7-12(14-15-13)11-5-3-10(9-17)4-6-11/h3-8H,1-2H3. The molecular formula is C13H12N3O. The van der Waals surface area contributed by atoms with Crippen molar-refractivity contribution < 1.29 is 4.79 Å². The molecule has 0 fully saturated rings. The summed E-state index contributed by atoms with van der Waals surface area (Å²) in [6.45, 7) is 0. The van der Waals surface area contributed by atoms with Gasteiger partial charge in [-0.3, -0.25) is 4.79 Å². The Hall–Kier alpha value is -2.23. The van der Waals surface area contributed by atoms with Crippen molar-refractivity contribution in [1.82, 2.24) is 10.2 Å². The second kappa shape index (κ2) is 4.74. The zero-order valence-corrected chi connectivity index (χ0v) is 9.71. The van der Waals surface area contributed by atoms with Crippen molar-refractivity contribution in [2.45, 2.75) is 0 Å². The molecule has 0 bridgehead atoms. The van der Waals surface area contributed by atoms with Crippen molar-refractivity contribution in [3.05, 3.63) is 42.0 Å². The van der Waals surface area contributed by atoms with E-state index in [1.807, 2.05) is 49.5 Å². The molecule has 1 aromatic carbocycles. The number of benzene rings is 1. The van der Waals surface area contributed by atoms with Gasteiger partial charge in [0.25, 0.3) is 0 Å². The van der Waals surface area contributed by atoms with Gasteiger partial charge in [0.15, 0.2) is 5.82 Å². The molecular weight excluding hydrogens is 214 g/mol. The molecule has 0 amide bonds. The summed E-state index contributed by atoms with van der Waals surface area (Å²) in [5.41, 5.74) is 2.25. The Morgan fingerprint density at radius 1 is 1.00 bits per heavy atom. The van der Waals surface area contributed by atoms with Crippen molar-refractivity contribution in [1.29, 1.82) is 0 Å². The van der Waals surface area contributed by atoms with Crippen LogP contribution in [0.2, 0.25) is 0 Å². The molecule has 0 unspecified atom stereocenters. The Labute approximate surface area is 99.9 Å². The average Bonchev–Trinajstić information content (AvgIpc) is 2.39. The smallest absolute Gasteiger partial charge is 0.233 e. The monoisotopic (exact) mass is 226 g/mol. The number of anilines is 1. The largest absolute Gasteiger partial charge is 0.361 e. The first kappa shape index (κ1) is 11.3. The fourth-order valence-corrected chi connectivity index (χ4v) is 1.43. The number of aromatic nitrogens is 2. The first-order valence-corrected chi connectivity index (χ1v) is 5.20. The molecule has 0 saturated carbocycles. The molecule has 1 aromatic heterocycles. The summed E-state index contributed by atoms with van der Waals surface area (Å²) in [4.78, 5) is 12.3. The summed E-state index contributed by atoms with van der Waals surface area (Å²) in [7, 11) is 3.83. The van der Waals surface area contributed by atoms with Gasteiger partial charge in [-0.15, -0.1) is 10.2 Å². The SMILES string of the molecule is CN(C)c1ccc(-c2ccc([C]=O)cc2)nn1. The average molecular weight is 226 g/mol. The zero-order valence-electron chi connectivity index (χ0n) is 9.71. The van der Waals surface area contributed by atoms with Crippen molar-refractivity contribution in [3.63, 3.8) is 0 Å². The number of hydrogen-bond donors (Lipinski definition) is 0. The molecule has 0 N–H and O–H groups in total. The molecule has 0 atom stereocenters. The highest BCUT2D eigenvalue weighted by Gasteiger charge is 2.02. The zero-order chi connectivity index (χ0) is 12.3. The third-order valence-corrected chi connectivity index (χ3v) is 2.41. The van der Waals surface area contributed by atoms with Crippen LogP contribution in [0.15, 0.2) is 36.4 Å². The van der Waals surface area contributed by atoms with Crippen LogP contribution >= 0.6 is 0 Å². The van der Waals surface area contributed by atoms with Crippen LogP contribution in [-0.4, -0.2) is 30.6 Å². The highest BCUT2D eigenvalue weighted by atomic mass is 16.1. The Balaban J connectivity index is 2.29. The summed E-state index contributed by atoms with van der Waals surface area (Å²) < 4.78 is 0. The van der Waals surface area contributed by atoms with Gasteiger partial charge in [0.05, 0.1) is 5.69 Å². The van der Waals surface area contributed by atoms with Crippen LogP contribution in [0.25, 0.3) is 11.3 Å². The summed E-state index contributed by atoms with van der Waals surface area (Å²) in [6, 6.07) is 10.9. The van der Waals surface area contributed by atoms with Crippen molar-refractivity contribution in [2.75, 3.05) is 19.0 Å². The highest BCUT2D eigenvalue weighted by Crippen LogP contribution is 2.17. The van der Waals surface area contributed by atoms with E-state index >= 15 is 0 Å².